The summed E-state index contributed by atoms with van der Waals surface area (Å²) in [5, 5.41) is 7.93. The summed E-state index contributed by atoms with van der Waals surface area (Å²) in [6.07, 6.45) is 9.57. The fraction of sp³-hybridized carbons (Fsp3) is 0.600. The van der Waals surface area contributed by atoms with Crippen LogP contribution in [0, 0.1) is 0 Å². The predicted molar refractivity (Wildman–Crippen MR) is 106 cm³/mol. The quantitative estimate of drug-likeness (QED) is 0.646. The first-order chi connectivity index (χ1) is 13.2. The maximum atomic E-state index is 5.73. The standard InChI is InChI=1S/C20H30N6O/c1-21-20(26-10-7-16(15-26)17-12-23-24(2)14-17)22-13-18(19-6-5-11-27-19)25-8-3-4-9-25/h5-6,11-12,14,16,18H,3-4,7-10,13,15H2,1-2H3,(H,21,22). The normalized spacial score (nSPS) is 22.5. The monoisotopic (exact) mass is 370 g/mol. The summed E-state index contributed by atoms with van der Waals surface area (Å²) in [6, 6.07) is 4.32. The third-order valence-electron chi connectivity index (χ3n) is 5.80. The number of hydrogen-bond acceptors (Lipinski definition) is 4. The van der Waals surface area contributed by atoms with Crippen molar-refractivity contribution in [1.29, 1.82) is 0 Å². The molecular weight excluding hydrogens is 340 g/mol. The minimum atomic E-state index is 0.260. The Hall–Kier alpha value is -2.28. The van der Waals surface area contributed by atoms with E-state index in [4.69, 9.17) is 4.42 Å². The lowest BCUT2D eigenvalue weighted by Gasteiger charge is -2.28. The summed E-state index contributed by atoms with van der Waals surface area (Å²) in [4.78, 5) is 9.42. The number of nitrogens with zero attached hydrogens (tertiary/aromatic N) is 5. The van der Waals surface area contributed by atoms with Crippen molar-refractivity contribution in [2.75, 3.05) is 39.8 Å². The second kappa shape index (κ2) is 8.17. The number of guanidine groups is 1. The first kappa shape index (κ1) is 18.1. The molecule has 146 valence electrons. The molecule has 7 heteroatoms. The highest BCUT2D eigenvalue weighted by atomic mass is 16.3. The Morgan fingerprint density at radius 2 is 2.22 bits per heavy atom. The third-order valence-corrected chi connectivity index (χ3v) is 5.80. The van der Waals surface area contributed by atoms with E-state index in [-0.39, 0.29) is 6.04 Å². The summed E-state index contributed by atoms with van der Waals surface area (Å²) in [7, 11) is 3.85. The third kappa shape index (κ3) is 4.03. The van der Waals surface area contributed by atoms with Crippen LogP contribution in [0.15, 0.2) is 40.2 Å². The van der Waals surface area contributed by atoms with Gasteiger partial charge in [0.1, 0.15) is 5.76 Å². The van der Waals surface area contributed by atoms with Crippen LogP contribution in [0.2, 0.25) is 0 Å². The molecular formula is C20H30N6O. The molecule has 2 unspecified atom stereocenters. The summed E-state index contributed by atoms with van der Waals surface area (Å²) in [5.74, 6) is 2.54. The van der Waals surface area contributed by atoms with Crippen LogP contribution in [0.25, 0.3) is 0 Å². The molecule has 0 amide bonds. The molecule has 2 aliphatic rings. The molecule has 2 fully saturated rings. The topological polar surface area (TPSA) is 61.8 Å². The molecule has 27 heavy (non-hydrogen) atoms. The minimum Gasteiger partial charge on any atom is -0.468 e. The van der Waals surface area contributed by atoms with Gasteiger partial charge in [-0.2, -0.15) is 5.10 Å². The summed E-state index contributed by atoms with van der Waals surface area (Å²) < 4.78 is 7.62. The van der Waals surface area contributed by atoms with Gasteiger partial charge < -0.3 is 14.6 Å². The zero-order valence-electron chi connectivity index (χ0n) is 16.3. The average Bonchev–Trinajstić information content (AvgIpc) is 3.47. The van der Waals surface area contributed by atoms with Gasteiger partial charge in [-0.3, -0.25) is 14.6 Å². The molecule has 2 aromatic heterocycles. The maximum Gasteiger partial charge on any atom is 0.193 e. The van der Waals surface area contributed by atoms with Gasteiger partial charge >= 0.3 is 0 Å². The second-order valence-corrected chi connectivity index (χ2v) is 7.58. The summed E-state index contributed by atoms with van der Waals surface area (Å²) >= 11 is 0. The molecule has 2 aromatic rings. The lowest BCUT2D eigenvalue weighted by molar-refractivity contribution is 0.214. The Kier molecular flexibility index (Phi) is 5.48. The van der Waals surface area contributed by atoms with Crippen molar-refractivity contribution in [2.24, 2.45) is 12.0 Å². The van der Waals surface area contributed by atoms with Crippen molar-refractivity contribution in [3.63, 3.8) is 0 Å². The number of aliphatic imine (C=N–C) groups is 1. The van der Waals surface area contributed by atoms with E-state index in [0.717, 1.165) is 50.9 Å². The van der Waals surface area contributed by atoms with Gasteiger partial charge in [0, 0.05) is 45.8 Å². The number of aryl methyl sites for hydroxylation is 1. The van der Waals surface area contributed by atoms with Crippen molar-refractivity contribution in [1.82, 2.24) is 24.9 Å². The molecule has 2 atom stereocenters. The van der Waals surface area contributed by atoms with E-state index >= 15 is 0 Å². The Morgan fingerprint density at radius 3 is 2.89 bits per heavy atom. The molecule has 7 nitrogen and oxygen atoms in total. The largest absolute Gasteiger partial charge is 0.468 e. The molecule has 0 aliphatic carbocycles. The second-order valence-electron chi connectivity index (χ2n) is 7.58. The van der Waals surface area contributed by atoms with Crippen LogP contribution in [0.4, 0.5) is 0 Å². The molecule has 0 radical (unpaired) electrons. The van der Waals surface area contributed by atoms with Gasteiger partial charge in [0.2, 0.25) is 0 Å². The van der Waals surface area contributed by atoms with E-state index in [2.05, 4.69) is 37.5 Å². The molecule has 1 N–H and O–H groups in total. The maximum absolute atomic E-state index is 5.73. The SMILES string of the molecule is CN=C(NCC(c1ccco1)N1CCCC1)N1CCC(c2cnn(C)c2)C1. The Morgan fingerprint density at radius 1 is 1.37 bits per heavy atom. The fourth-order valence-corrected chi connectivity index (χ4v) is 4.34. The number of hydrogen-bond donors (Lipinski definition) is 1. The van der Waals surface area contributed by atoms with E-state index in [9.17, 15) is 0 Å². The number of aromatic nitrogens is 2. The molecule has 0 saturated carbocycles. The van der Waals surface area contributed by atoms with E-state index in [0.29, 0.717) is 5.92 Å². The van der Waals surface area contributed by atoms with Crippen LogP contribution in [0.1, 0.15) is 42.5 Å². The van der Waals surface area contributed by atoms with Gasteiger partial charge in [0.25, 0.3) is 0 Å². The lowest BCUT2D eigenvalue weighted by atomic mass is 10.0. The Balaban J connectivity index is 1.38. The average molecular weight is 371 g/mol. The minimum absolute atomic E-state index is 0.260. The number of rotatable bonds is 5. The van der Waals surface area contributed by atoms with Crippen molar-refractivity contribution in [3.8, 4) is 0 Å². The molecule has 2 saturated heterocycles. The first-order valence-corrected chi connectivity index (χ1v) is 9.96. The highest BCUT2D eigenvalue weighted by Gasteiger charge is 2.29. The van der Waals surface area contributed by atoms with Crippen molar-refractivity contribution in [2.45, 2.75) is 31.2 Å². The van der Waals surface area contributed by atoms with Crippen molar-refractivity contribution in [3.05, 3.63) is 42.1 Å². The highest BCUT2D eigenvalue weighted by Crippen LogP contribution is 2.28. The predicted octanol–water partition coefficient (Wildman–Crippen LogP) is 2.21. The molecule has 2 aliphatic heterocycles. The van der Waals surface area contributed by atoms with Crippen LogP contribution in [0.3, 0.4) is 0 Å². The zero-order chi connectivity index (χ0) is 18.6. The lowest BCUT2D eigenvalue weighted by Crippen LogP contribution is -2.44. The van der Waals surface area contributed by atoms with E-state index in [1.54, 1.807) is 6.26 Å². The van der Waals surface area contributed by atoms with E-state index in [1.807, 2.05) is 31.0 Å². The highest BCUT2D eigenvalue weighted by molar-refractivity contribution is 5.80. The number of furan rings is 1. The van der Waals surface area contributed by atoms with Gasteiger partial charge in [0.15, 0.2) is 5.96 Å². The number of nitrogens with one attached hydrogen (secondary N) is 1. The Labute approximate surface area is 161 Å². The van der Waals surface area contributed by atoms with Gasteiger partial charge in [-0.1, -0.05) is 0 Å². The van der Waals surface area contributed by atoms with Crippen molar-refractivity contribution < 1.29 is 4.42 Å². The van der Waals surface area contributed by atoms with E-state index in [1.165, 1.54) is 18.4 Å². The van der Waals surface area contributed by atoms with E-state index < -0.39 is 0 Å². The fourth-order valence-electron chi connectivity index (χ4n) is 4.34. The summed E-state index contributed by atoms with van der Waals surface area (Å²) in [6.45, 7) is 5.10. The van der Waals surface area contributed by atoms with Gasteiger partial charge in [-0.15, -0.1) is 0 Å². The molecule has 4 heterocycles. The molecule has 0 aromatic carbocycles. The first-order valence-electron chi connectivity index (χ1n) is 9.96. The van der Waals surface area contributed by atoms with Crippen LogP contribution >= 0.6 is 0 Å². The molecule has 0 spiro atoms. The smallest absolute Gasteiger partial charge is 0.193 e. The zero-order valence-corrected chi connectivity index (χ0v) is 16.3. The van der Waals surface area contributed by atoms with Crippen LogP contribution < -0.4 is 5.32 Å². The van der Waals surface area contributed by atoms with Crippen LogP contribution in [0.5, 0.6) is 0 Å². The molecule has 0 bridgehead atoms. The van der Waals surface area contributed by atoms with Gasteiger partial charge in [-0.25, -0.2) is 0 Å². The van der Waals surface area contributed by atoms with Gasteiger partial charge in [-0.05, 0) is 50.0 Å². The Bertz CT molecular complexity index is 746. The van der Waals surface area contributed by atoms with Crippen LogP contribution in [-0.2, 0) is 7.05 Å². The van der Waals surface area contributed by atoms with Crippen molar-refractivity contribution >= 4 is 5.96 Å². The van der Waals surface area contributed by atoms with Gasteiger partial charge in [0.05, 0.1) is 18.5 Å². The summed E-state index contributed by atoms with van der Waals surface area (Å²) in [5.41, 5.74) is 1.32. The van der Waals surface area contributed by atoms with Crippen LogP contribution in [-0.4, -0.2) is 65.3 Å². The number of likely N-dealkylation sites (tertiary alicyclic amines) is 2. The molecule has 4 rings (SSSR count).